The minimum atomic E-state index is -3.78. The molecule has 1 unspecified atom stereocenters. The molecule has 0 aliphatic heterocycles. The predicted octanol–water partition coefficient (Wildman–Crippen LogP) is 6.71. The van der Waals surface area contributed by atoms with Gasteiger partial charge in [-0.3, -0.25) is 4.57 Å². The average Bonchev–Trinajstić information content (AvgIpc) is 2.71. The first-order valence-electron chi connectivity index (χ1n) is 10.3. The summed E-state index contributed by atoms with van der Waals surface area (Å²) in [6.07, 6.45) is -0.691. The maximum Gasteiger partial charge on any atom is 0.357 e. The second kappa shape index (κ2) is 9.73. The monoisotopic (exact) mass is 443 g/mol. The van der Waals surface area contributed by atoms with E-state index in [1.54, 1.807) is 25.3 Å². The number of rotatable bonds is 9. The van der Waals surface area contributed by atoms with Gasteiger partial charge in [0.25, 0.3) is 0 Å². The normalized spacial score (nSPS) is 13.0. The fourth-order valence-corrected chi connectivity index (χ4v) is 5.82. The second-order valence-corrected chi connectivity index (χ2v) is 9.86. The maximum absolute atomic E-state index is 14.2. The number of hydrogen-bond acceptors (Lipinski definition) is 6. The van der Waals surface area contributed by atoms with E-state index < -0.39 is 13.4 Å². The Hall–Kier alpha value is -2.53. The minimum Gasteiger partial charge on any atom is -0.508 e. The number of phenols is 1. The van der Waals surface area contributed by atoms with Gasteiger partial charge in [-0.1, -0.05) is 30.3 Å². The van der Waals surface area contributed by atoms with Crippen LogP contribution in [-0.4, -0.2) is 24.4 Å². The Labute approximate surface area is 183 Å². The van der Waals surface area contributed by atoms with Crippen molar-refractivity contribution in [1.29, 1.82) is 0 Å². The van der Waals surface area contributed by atoms with Crippen molar-refractivity contribution in [2.24, 2.45) is 0 Å². The van der Waals surface area contributed by atoms with E-state index in [1.807, 2.05) is 70.2 Å². The van der Waals surface area contributed by atoms with Crippen molar-refractivity contribution in [3.05, 3.63) is 66.2 Å². The summed E-state index contributed by atoms with van der Waals surface area (Å²) < 4.78 is 31.3. The summed E-state index contributed by atoms with van der Waals surface area (Å²) in [5.41, 5.74) is 1.16. The molecule has 3 aromatic carbocycles. The quantitative estimate of drug-likeness (QED) is 0.358. The van der Waals surface area contributed by atoms with E-state index in [-0.39, 0.29) is 18.0 Å². The van der Waals surface area contributed by atoms with E-state index in [2.05, 4.69) is 5.32 Å². The van der Waals surface area contributed by atoms with Crippen LogP contribution in [-0.2, 0) is 13.6 Å². The van der Waals surface area contributed by atoms with Crippen LogP contribution in [0.1, 0.15) is 39.0 Å². The Morgan fingerprint density at radius 3 is 2.06 bits per heavy atom. The molecule has 166 valence electrons. The van der Waals surface area contributed by atoms with Crippen LogP contribution in [0.25, 0.3) is 10.8 Å². The average molecular weight is 443 g/mol. The highest BCUT2D eigenvalue weighted by atomic mass is 31.2. The molecule has 0 bridgehead atoms. The Morgan fingerprint density at radius 1 is 0.871 bits per heavy atom. The minimum absolute atomic E-state index is 0.0182. The van der Waals surface area contributed by atoms with Crippen molar-refractivity contribution in [3.8, 4) is 11.5 Å². The predicted molar refractivity (Wildman–Crippen MR) is 125 cm³/mol. The molecule has 0 saturated heterocycles. The number of nitrogens with one attached hydrogen (secondary N) is 1. The molecule has 1 atom stereocenters. The lowest BCUT2D eigenvalue weighted by Gasteiger charge is -2.32. The van der Waals surface area contributed by atoms with Crippen LogP contribution >= 0.6 is 7.60 Å². The molecule has 0 heterocycles. The highest BCUT2D eigenvalue weighted by Gasteiger charge is 2.41. The summed E-state index contributed by atoms with van der Waals surface area (Å²) in [5.74, 6) is -0.211. The van der Waals surface area contributed by atoms with Crippen LogP contribution in [0.5, 0.6) is 11.5 Å². The number of hydrogen-bond donors (Lipinski definition) is 2. The Balaban J connectivity index is 2.20. The fourth-order valence-electron chi connectivity index (χ4n) is 3.46. The molecule has 31 heavy (non-hydrogen) atoms. The molecule has 0 radical (unpaired) electrons. The molecular formula is C24H30NO5P. The number of aromatic hydroxyl groups is 1. The molecule has 7 heteroatoms. The lowest BCUT2D eigenvalue weighted by Crippen LogP contribution is -2.19. The van der Waals surface area contributed by atoms with Gasteiger partial charge in [-0.15, -0.1) is 0 Å². The SMILES string of the molecule is COc1ccc(NC(c2c(O)ccc3ccccc23)P(=O)(OC(C)C)OC(C)C)cc1. The van der Waals surface area contributed by atoms with Crippen LogP contribution in [0, 0.1) is 0 Å². The molecule has 0 spiro atoms. The topological polar surface area (TPSA) is 77.0 Å². The Bertz CT molecular complexity index is 1050. The molecular weight excluding hydrogens is 413 g/mol. The third-order valence-corrected chi connectivity index (χ3v) is 7.10. The zero-order valence-corrected chi connectivity index (χ0v) is 19.4. The molecule has 3 rings (SSSR count). The van der Waals surface area contributed by atoms with Crippen molar-refractivity contribution < 1.29 is 23.5 Å². The van der Waals surface area contributed by atoms with Gasteiger partial charge in [0.05, 0.1) is 19.3 Å². The van der Waals surface area contributed by atoms with Crippen molar-refractivity contribution in [1.82, 2.24) is 0 Å². The standard InChI is InChI=1S/C24H30NO5P/c1-16(2)29-31(27,30-17(3)4)24(25-19-11-13-20(28-5)14-12-19)23-21-9-7-6-8-18(21)10-15-22(23)26/h6-17,24-26H,1-5H3. The van der Waals surface area contributed by atoms with Gasteiger partial charge in [-0.2, -0.15) is 0 Å². The van der Waals surface area contributed by atoms with E-state index in [9.17, 15) is 9.67 Å². The highest BCUT2D eigenvalue weighted by Crippen LogP contribution is 2.64. The first kappa shape index (κ1) is 23.1. The Kier molecular flexibility index (Phi) is 7.26. The zero-order valence-electron chi connectivity index (χ0n) is 18.5. The van der Waals surface area contributed by atoms with Gasteiger partial charge in [-0.25, -0.2) is 0 Å². The second-order valence-electron chi connectivity index (χ2n) is 7.84. The van der Waals surface area contributed by atoms with Crippen LogP contribution in [0.4, 0.5) is 5.69 Å². The van der Waals surface area contributed by atoms with E-state index in [0.29, 0.717) is 17.0 Å². The van der Waals surface area contributed by atoms with Gasteiger partial charge >= 0.3 is 7.60 Å². The molecule has 3 aromatic rings. The summed E-state index contributed by atoms with van der Waals surface area (Å²) in [6, 6.07) is 18.3. The molecule has 0 aliphatic rings. The van der Waals surface area contributed by atoms with E-state index in [0.717, 1.165) is 10.8 Å². The number of ether oxygens (including phenoxy) is 1. The van der Waals surface area contributed by atoms with Crippen LogP contribution < -0.4 is 10.1 Å². The van der Waals surface area contributed by atoms with Gasteiger partial charge < -0.3 is 24.2 Å². The summed E-state index contributed by atoms with van der Waals surface area (Å²) >= 11 is 0. The lowest BCUT2D eigenvalue weighted by molar-refractivity contribution is 0.138. The lowest BCUT2D eigenvalue weighted by atomic mass is 10.0. The van der Waals surface area contributed by atoms with Crippen molar-refractivity contribution in [2.75, 3.05) is 12.4 Å². The fraction of sp³-hybridized carbons (Fsp3) is 0.333. The molecule has 6 nitrogen and oxygen atoms in total. The van der Waals surface area contributed by atoms with Gasteiger partial charge in [0, 0.05) is 11.3 Å². The summed E-state index contributed by atoms with van der Waals surface area (Å²) in [6.45, 7) is 7.24. The van der Waals surface area contributed by atoms with Gasteiger partial charge in [0.1, 0.15) is 11.5 Å². The summed E-state index contributed by atoms with van der Waals surface area (Å²) in [4.78, 5) is 0. The number of phenolic OH excluding ortho intramolecular Hbond substituents is 1. The summed E-state index contributed by atoms with van der Waals surface area (Å²) in [5, 5.41) is 15.9. The first-order valence-corrected chi connectivity index (χ1v) is 11.9. The number of fused-ring (bicyclic) bond motifs is 1. The molecule has 2 N–H and O–H groups in total. The summed E-state index contributed by atoms with van der Waals surface area (Å²) in [7, 11) is -2.18. The first-order chi connectivity index (χ1) is 14.7. The number of methoxy groups -OCH3 is 1. The van der Waals surface area contributed by atoms with Crippen molar-refractivity contribution in [3.63, 3.8) is 0 Å². The van der Waals surface area contributed by atoms with Crippen LogP contribution in [0.2, 0.25) is 0 Å². The third kappa shape index (κ3) is 5.40. The van der Waals surface area contributed by atoms with E-state index >= 15 is 0 Å². The van der Waals surface area contributed by atoms with Crippen molar-refractivity contribution >= 4 is 24.1 Å². The Morgan fingerprint density at radius 2 is 1.48 bits per heavy atom. The van der Waals surface area contributed by atoms with Gasteiger partial charge in [0.2, 0.25) is 0 Å². The highest BCUT2D eigenvalue weighted by molar-refractivity contribution is 7.54. The largest absolute Gasteiger partial charge is 0.508 e. The van der Waals surface area contributed by atoms with Gasteiger partial charge in [0.15, 0.2) is 5.78 Å². The number of benzene rings is 3. The molecule has 0 aromatic heterocycles. The molecule has 0 aliphatic carbocycles. The van der Waals surface area contributed by atoms with Gasteiger partial charge in [-0.05, 0) is 68.8 Å². The van der Waals surface area contributed by atoms with E-state index in [1.165, 1.54) is 0 Å². The van der Waals surface area contributed by atoms with Crippen molar-refractivity contribution in [2.45, 2.75) is 45.7 Å². The third-order valence-electron chi connectivity index (χ3n) is 4.65. The maximum atomic E-state index is 14.2. The van der Waals surface area contributed by atoms with E-state index in [4.69, 9.17) is 13.8 Å². The molecule has 0 amide bonds. The molecule has 0 fully saturated rings. The van der Waals surface area contributed by atoms with Crippen LogP contribution in [0.3, 0.4) is 0 Å². The van der Waals surface area contributed by atoms with Crippen LogP contribution in [0.15, 0.2) is 60.7 Å². The number of anilines is 1. The zero-order chi connectivity index (χ0) is 22.6. The smallest absolute Gasteiger partial charge is 0.357 e. The molecule has 0 saturated carbocycles.